The number of amides is 1. The topological polar surface area (TPSA) is 81.2 Å². The molecule has 0 aliphatic rings. The number of fused-ring (bicyclic) bond motifs is 1. The van der Waals surface area contributed by atoms with Gasteiger partial charge < -0.3 is 10.6 Å². The van der Waals surface area contributed by atoms with E-state index in [1.165, 1.54) is 4.57 Å². The van der Waals surface area contributed by atoms with Gasteiger partial charge in [0.2, 0.25) is 0 Å². The van der Waals surface area contributed by atoms with Gasteiger partial charge >= 0.3 is 0 Å². The van der Waals surface area contributed by atoms with Crippen molar-refractivity contribution in [2.45, 2.75) is 19.4 Å². The largest absolute Gasteiger partial charge is 0.329 e. The molecule has 1 atom stereocenters. The highest BCUT2D eigenvalue weighted by molar-refractivity contribution is 9.10. The Bertz CT molecular complexity index is 1100. The van der Waals surface area contributed by atoms with Gasteiger partial charge in [-0.05, 0) is 48.9 Å². The van der Waals surface area contributed by atoms with Crippen molar-refractivity contribution >= 4 is 44.3 Å². The van der Waals surface area contributed by atoms with Gasteiger partial charge in [0.1, 0.15) is 5.82 Å². The van der Waals surface area contributed by atoms with Crippen LogP contribution in [0.25, 0.3) is 10.9 Å². The van der Waals surface area contributed by atoms with Crippen LogP contribution in [0.2, 0.25) is 5.02 Å². The minimum Gasteiger partial charge on any atom is -0.329 e. The molecule has 0 radical (unpaired) electrons. The van der Waals surface area contributed by atoms with Crippen LogP contribution in [-0.2, 0) is 7.05 Å². The van der Waals surface area contributed by atoms with E-state index in [0.29, 0.717) is 46.8 Å². The first-order valence-corrected chi connectivity index (χ1v) is 10.5. The van der Waals surface area contributed by atoms with Gasteiger partial charge in [0, 0.05) is 35.2 Å². The molecule has 6 nitrogen and oxygen atoms in total. The van der Waals surface area contributed by atoms with Crippen LogP contribution in [0, 0.1) is 0 Å². The normalized spacial score (nSPS) is 12.2. The standard InChI is InChI=1S/C21H22BrClN4O2/c1-3-18(27(11-10-24)20(28)13-4-6-14(22)7-5-13)19-25-17-12-15(23)8-9-16(17)21(29)26(19)2/h4-9,12,18H,3,10-11,24H2,1-2H3. The fourth-order valence-electron chi connectivity index (χ4n) is 3.40. The average Bonchev–Trinajstić information content (AvgIpc) is 2.71. The molecule has 1 aromatic heterocycles. The Morgan fingerprint density at radius 3 is 2.59 bits per heavy atom. The van der Waals surface area contributed by atoms with Gasteiger partial charge in [-0.1, -0.05) is 34.5 Å². The number of aromatic nitrogens is 2. The van der Waals surface area contributed by atoms with Crippen LogP contribution in [0.15, 0.2) is 51.7 Å². The number of halogens is 2. The van der Waals surface area contributed by atoms with Crippen molar-refractivity contribution in [3.63, 3.8) is 0 Å². The first kappa shape index (κ1) is 21.5. The number of nitrogens with two attached hydrogens (primary N) is 1. The number of nitrogens with zero attached hydrogens (tertiary/aromatic N) is 3. The minimum absolute atomic E-state index is 0.157. The maximum absolute atomic E-state index is 13.3. The van der Waals surface area contributed by atoms with E-state index in [0.717, 1.165) is 4.47 Å². The van der Waals surface area contributed by atoms with Crippen LogP contribution < -0.4 is 11.3 Å². The summed E-state index contributed by atoms with van der Waals surface area (Å²) in [5, 5.41) is 0.988. The highest BCUT2D eigenvalue weighted by Crippen LogP contribution is 2.26. The highest BCUT2D eigenvalue weighted by atomic mass is 79.9. The van der Waals surface area contributed by atoms with Crippen molar-refractivity contribution in [2.75, 3.05) is 13.1 Å². The molecule has 0 saturated carbocycles. The summed E-state index contributed by atoms with van der Waals surface area (Å²) in [7, 11) is 1.67. The Morgan fingerprint density at radius 1 is 1.28 bits per heavy atom. The third kappa shape index (κ3) is 4.37. The lowest BCUT2D eigenvalue weighted by atomic mass is 10.1. The molecule has 0 spiro atoms. The van der Waals surface area contributed by atoms with Gasteiger partial charge in [-0.2, -0.15) is 0 Å². The molecule has 29 heavy (non-hydrogen) atoms. The lowest BCUT2D eigenvalue weighted by Gasteiger charge is -2.31. The SMILES string of the molecule is CCC(c1nc2cc(Cl)ccc2c(=O)n1C)N(CCN)C(=O)c1ccc(Br)cc1. The summed E-state index contributed by atoms with van der Waals surface area (Å²) in [6, 6.07) is 11.8. The van der Waals surface area contributed by atoms with Gasteiger partial charge in [0.05, 0.1) is 16.9 Å². The molecule has 0 aliphatic heterocycles. The van der Waals surface area contributed by atoms with Crippen molar-refractivity contribution in [3.8, 4) is 0 Å². The molecule has 1 heterocycles. The van der Waals surface area contributed by atoms with Gasteiger partial charge in [-0.25, -0.2) is 4.98 Å². The molecule has 0 aliphatic carbocycles. The van der Waals surface area contributed by atoms with Crippen LogP contribution in [0.3, 0.4) is 0 Å². The first-order chi connectivity index (χ1) is 13.9. The van der Waals surface area contributed by atoms with E-state index < -0.39 is 6.04 Å². The van der Waals surface area contributed by atoms with Gasteiger partial charge in [0.15, 0.2) is 0 Å². The minimum atomic E-state index is -0.407. The fraction of sp³-hybridized carbons (Fsp3) is 0.286. The number of rotatable bonds is 6. The molecule has 1 unspecified atom stereocenters. The lowest BCUT2D eigenvalue weighted by molar-refractivity contribution is 0.0665. The smallest absolute Gasteiger partial charge is 0.261 e. The van der Waals surface area contributed by atoms with Crippen LogP contribution in [0.5, 0.6) is 0 Å². The van der Waals surface area contributed by atoms with Crippen molar-refractivity contribution in [1.82, 2.24) is 14.5 Å². The molecule has 8 heteroatoms. The maximum Gasteiger partial charge on any atom is 0.261 e. The molecule has 0 bridgehead atoms. The fourth-order valence-corrected chi connectivity index (χ4v) is 3.83. The number of benzene rings is 2. The van der Waals surface area contributed by atoms with E-state index in [1.54, 1.807) is 42.3 Å². The van der Waals surface area contributed by atoms with Crippen LogP contribution >= 0.6 is 27.5 Å². The monoisotopic (exact) mass is 476 g/mol. The third-order valence-electron chi connectivity index (χ3n) is 4.86. The molecule has 3 aromatic rings. The zero-order valence-corrected chi connectivity index (χ0v) is 18.6. The molecule has 2 aromatic carbocycles. The first-order valence-electron chi connectivity index (χ1n) is 9.30. The Morgan fingerprint density at radius 2 is 1.97 bits per heavy atom. The number of carbonyl (C=O) groups is 1. The summed E-state index contributed by atoms with van der Waals surface area (Å²) in [4.78, 5) is 32.5. The Labute approximate surface area is 182 Å². The quantitative estimate of drug-likeness (QED) is 0.584. The number of carbonyl (C=O) groups excluding carboxylic acids is 1. The predicted molar refractivity (Wildman–Crippen MR) is 119 cm³/mol. The summed E-state index contributed by atoms with van der Waals surface area (Å²) in [6.07, 6.45) is 0.578. The molecule has 1 amide bonds. The van der Waals surface area contributed by atoms with Crippen LogP contribution in [-0.4, -0.2) is 33.4 Å². The summed E-state index contributed by atoms with van der Waals surface area (Å²) in [5.41, 5.74) is 6.70. The zero-order valence-electron chi connectivity index (χ0n) is 16.2. The molecule has 0 saturated heterocycles. The summed E-state index contributed by atoms with van der Waals surface area (Å²) in [5.74, 6) is 0.349. The van der Waals surface area contributed by atoms with E-state index >= 15 is 0 Å². The second-order valence-electron chi connectivity index (χ2n) is 6.71. The van der Waals surface area contributed by atoms with E-state index in [1.807, 2.05) is 19.1 Å². The van der Waals surface area contributed by atoms with Gasteiger partial charge in [-0.15, -0.1) is 0 Å². The van der Waals surface area contributed by atoms with Gasteiger partial charge in [0.25, 0.3) is 11.5 Å². The highest BCUT2D eigenvalue weighted by Gasteiger charge is 2.28. The average molecular weight is 478 g/mol. The Hall–Kier alpha value is -2.22. The van der Waals surface area contributed by atoms with Crippen LogP contribution in [0.4, 0.5) is 0 Å². The summed E-state index contributed by atoms with van der Waals surface area (Å²) in [6.45, 7) is 2.60. The van der Waals surface area contributed by atoms with Crippen molar-refractivity contribution < 1.29 is 4.79 Å². The van der Waals surface area contributed by atoms with Crippen LogP contribution in [0.1, 0.15) is 35.6 Å². The molecule has 0 fully saturated rings. The van der Waals surface area contributed by atoms with Crippen molar-refractivity contribution in [3.05, 3.63) is 73.7 Å². The molecular weight excluding hydrogens is 456 g/mol. The van der Waals surface area contributed by atoms with Gasteiger partial charge in [-0.3, -0.25) is 14.2 Å². The molecule has 2 N–H and O–H groups in total. The summed E-state index contributed by atoms with van der Waals surface area (Å²) < 4.78 is 2.39. The zero-order chi connectivity index (χ0) is 21.1. The maximum atomic E-state index is 13.3. The molecular formula is C21H22BrClN4O2. The number of hydrogen-bond acceptors (Lipinski definition) is 4. The third-order valence-corrected chi connectivity index (χ3v) is 5.62. The van der Waals surface area contributed by atoms with E-state index in [2.05, 4.69) is 15.9 Å². The lowest BCUT2D eigenvalue weighted by Crippen LogP contribution is -2.41. The van der Waals surface area contributed by atoms with Crippen molar-refractivity contribution in [2.24, 2.45) is 12.8 Å². The Kier molecular flexibility index (Phi) is 6.72. The van der Waals surface area contributed by atoms with Crippen molar-refractivity contribution in [1.29, 1.82) is 0 Å². The second-order valence-corrected chi connectivity index (χ2v) is 8.07. The van der Waals surface area contributed by atoms with E-state index in [9.17, 15) is 9.59 Å². The predicted octanol–water partition coefficient (Wildman–Crippen LogP) is 3.90. The summed E-state index contributed by atoms with van der Waals surface area (Å²) >= 11 is 9.48. The second kappa shape index (κ2) is 9.07. The van der Waals surface area contributed by atoms with E-state index in [-0.39, 0.29) is 11.5 Å². The Balaban J connectivity index is 2.12. The molecule has 3 rings (SSSR count). The molecule has 152 valence electrons. The van der Waals surface area contributed by atoms with E-state index in [4.69, 9.17) is 22.3 Å². The number of hydrogen-bond donors (Lipinski definition) is 1.